The molecule has 5 heteroatoms. The highest BCUT2D eigenvalue weighted by atomic mass is 79.9. The molecule has 0 bridgehead atoms. The molecule has 0 N–H and O–H groups in total. The van der Waals surface area contributed by atoms with Crippen molar-refractivity contribution in [1.29, 1.82) is 0 Å². The van der Waals surface area contributed by atoms with Crippen molar-refractivity contribution in [2.24, 2.45) is 0 Å². The van der Waals surface area contributed by atoms with E-state index in [1.54, 1.807) is 0 Å². The lowest BCUT2D eigenvalue weighted by Crippen LogP contribution is -2.15. The van der Waals surface area contributed by atoms with Gasteiger partial charge in [-0.2, -0.15) is 0 Å². The van der Waals surface area contributed by atoms with Crippen molar-refractivity contribution < 1.29 is 18.7 Å². The number of ketones is 1. The predicted molar refractivity (Wildman–Crippen MR) is 84.4 cm³/mol. The molecule has 0 saturated heterocycles. The van der Waals surface area contributed by atoms with Crippen molar-refractivity contribution in [2.45, 2.75) is 11.2 Å². The summed E-state index contributed by atoms with van der Waals surface area (Å²) in [4.78, 5) is 23.4. The number of hydrogen-bond acceptors (Lipinski definition) is 3. The summed E-state index contributed by atoms with van der Waals surface area (Å²) in [6.45, 7) is -0.348. The third-order valence-electron chi connectivity index (χ3n) is 3.04. The first-order chi connectivity index (χ1) is 10.6. The van der Waals surface area contributed by atoms with Gasteiger partial charge in [0.25, 0.3) is 0 Å². The molecule has 0 aliphatic heterocycles. The van der Waals surface area contributed by atoms with Gasteiger partial charge in [-0.25, -0.2) is 4.39 Å². The normalized spacial score (nSPS) is 11.7. The predicted octanol–water partition coefficient (Wildman–Crippen LogP) is 4.08. The van der Waals surface area contributed by atoms with E-state index in [1.807, 2.05) is 30.3 Å². The molecule has 0 amide bonds. The van der Waals surface area contributed by atoms with E-state index in [0.29, 0.717) is 5.56 Å². The Morgan fingerprint density at radius 2 is 1.68 bits per heavy atom. The Balaban J connectivity index is 1.82. The molecule has 22 heavy (non-hydrogen) atoms. The minimum Gasteiger partial charge on any atom is -0.457 e. The molecule has 0 saturated carbocycles. The summed E-state index contributed by atoms with van der Waals surface area (Å²) >= 11 is 3.42. The molecule has 0 fully saturated rings. The maximum Gasteiger partial charge on any atom is 0.307 e. The van der Waals surface area contributed by atoms with E-state index in [9.17, 15) is 14.0 Å². The van der Waals surface area contributed by atoms with E-state index in [1.165, 1.54) is 24.3 Å². The molecule has 2 aromatic rings. The zero-order valence-electron chi connectivity index (χ0n) is 11.7. The van der Waals surface area contributed by atoms with Crippen LogP contribution in [0.2, 0.25) is 0 Å². The fraction of sp³-hybridized carbons (Fsp3) is 0.176. The van der Waals surface area contributed by atoms with Crippen LogP contribution >= 0.6 is 15.9 Å². The number of carbonyl (C=O) groups is 2. The van der Waals surface area contributed by atoms with E-state index >= 15 is 0 Å². The molecule has 1 unspecified atom stereocenters. The third kappa shape index (κ3) is 4.77. The molecule has 2 aromatic carbocycles. The highest BCUT2D eigenvalue weighted by Crippen LogP contribution is 2.26. The molecule has 0 radical (unpaired) electrons. The van der Waals surface area contributed by atoms with Gasteiger partial charge in [-0.05, 0) is 29.8 Å². The molecule has 0 spiro atoms. The molecule has 0 aliphatic carbocycles. The van der Waals surface area contributed by atoms with Crippen molar-refractivity contribution in [2.75, 3.05) is 6.61 Å². The highest BCUT2D eigenvalue weighted by Gasteiger charge is 2.15. The second kappa shape index (κ2) is 7.84. The van der Waals surface area contributed by atoms with Crippen LogP contribution in [0.15, 0.2) is 54.6 Å². The van der Waals surface area contributed by atoms with E-state index in [4.69, 9.17) is 4.74 Å². The van der Waals surface area contributed by atoms with E-state index in [0.717, 1.165) is 5.56 Å². The van der Waals surface area contributed by atoms with Gasteiger partial charge < -0.3 is 4.74 Å². The zero-order valence-corrected chi connectivity index (χ0v) is 13.3. The first-order valence-electron chi connectivity index (χ1n) is 6.69. The maximum atomic E-state index is 12.8. The second-order valence-corrected chi connectivity index (χ2v) is 5.78. The highest BCUT2D eigenvalue weighted by molar-refractivity contribution is 9.09. The Morgan fingerprint density at radius 1 is 1.05 bits per heavy atom. The van der Waals surface area contributed by atoms with Gasteiger partial charge in [0, 0.05) is 10.4 Å². The summed E-state index contributed by atoms with van der Waals surface area (Å²) in [5.74, 6) is -1.25. The van der Waals surface area contributed by atoms with Crippen molar-refractivity contribution in [3.05, 3.63) is 71.5 Å². The number of esters is 1. The van der Waals surface area contributed by atoms with Crippen molar-refractivity contribution in [3.8, 4) is 0 Å². The van der Waals surface area contributed by atoms with Gasteiger partial charge >= 0.3 is 5.97 Å². The Bertz CT molecular complexity index is 641. The molecule has 0 heterocycles. The molecular weight excluding hydrogens is 351 g/mol. The van der Waals surface area contributed by atoms with Crippen LogP contribution in [0.1, 0.15) is 27.2 Å². The summed E-state index contributed by atoms with van der Waals surface area (Å²) in [6, 6.07) is 14.6. The largest absolute Gasteiger partial charge is 0.457 e. The number of halogens is 2. The smallest absolute Gasteiger partial charge is 0.307 e. The summed E-state index contributed by atoms with van der Waals surface area (Å²) in [7, 11) is 0. The zero-order chi connectivity index (χ0) is 15.9. The maximum absolute atomic E-state index is 12.8. The van der Waals surface area contributed by atoms with Crippen LogP contribution in [-0.4, -0.2) is 18.4 Å². The van der Waals surface area contributed by atoms with Crippen LogP contribution in [0.4, 0.5) is 4.39 Å². The van der Waals surface area contributed by atoms with E-state index in [2.05, 4.69) is 15.9 Å². The van der Waals surface area contributed by atoms with Crippen LogP contribution in [0.3, 0.4) is 0 Å². The SMILES string of the molecule is O=C(CC(Br)c1ccccc1)OCC(=O)c1ccc(F)cc1. The minimum absolute atomic E-state index is 0.126. The van der Waals surface area contributed by atoms with Crippen molar-refractivity contribution >= 4 is 27.7 Å². The number of benzene rings is 2. The molecule has 2 rings (SSSR count). The van der Waals surface area contributed by atoms with Crippen molar-refractivity contribution in [1.82, 2.24) is 0 Å². The Labute approximate surface area is 136 Å². The summed E-state index contributed by atoms with van der Waals surface area (Å²) in [6.07, 6.45) is 0.126. The second-order valence-electron chi connectivity index (χ2n) is 4.67. The quantitative estimate of drug-likeness (QED) is 0.440. The molecule has 0 aromatic heterocycles. The number of ether oxygens (including phenoxy) is 1. The van der Waals surface area contributed by atoms with Crippen LogP contribution in [-0.2, 0) is 9.53 Å². The molecular formula is C17H14BrFO3. The van der Waals surface area contributed by atoms with Crippen molar-refractivity contribution in [3.63, 3.8) is 0 Å². The van der Waals surface area contributed by atoms with Crippen LogP contribution in [0.25, 0.3) is 0 Å². The molecule has 3 nitrogen and oxygen atoms in total. The van der Waals surface area contributed by atoms with Crippen LogP contribution < -0.4 is 0 Å². The first-order valence-corrected chi connectivity index (χ1v) is 7.61. The Kier molecular flexibility index (Phi) is 5.83. The molecule has 0 aliphatic rings. The van der Waals surface area contributed by atoms with Gasteiger partial charge in [-0.3, -0.25) is 9.59 Å². The first kappa shape index (κ1) is 16.4. The average molecular weight is 365 g/mol. The third-order valence-corrected chi connectivity index (χ3v) is 3.89. The average Bonchev–Trinajstić information content (AvgIpc) is 2.54. The summed E-state index contributed by atoms with van der Waals surface area (Å²) < 4.78 is 17.7. The lowest BCUT2D eigenvalue weighted by Gasteiger charge is -2.09. The topological polar surface area (TPSA) is 43.4 Å². The van der Waals surface area contributed by atoms with Crippen LogP contribution in [0.5, 0.6) is 0 Å². The van der Waals surface area contributed by atoms with E-state index < -0.39 is 11.8 Å². The van der Waals surface area contributed by atoms with Gasteiger partial charge in [-0.1, -0.05) is 46.3 Å². The fourth-order valence-corrected chi connectivity index (χ4v) is 2.42. The lowest BCUT2D eigenvalue weighted by molar-refractivity contribution is -0.142. The van der Waals surface area contributed by atoms with Gasteiger partial charge in [0.05, 0.1) is 6.42 Å². The monoisotopic (exact) mass is 364 g/mol. The Hall–Kier alpha value is -2.01. The number of Topliss-reactive ketones (excluding diaryl/α,β-unsaturated/α-hetero) is 1. The molecule has 114 valence electrons. The van der Waals surface area contributed by atoms with Crippen LogP contribution in [0, 0.1) is 5.82 Å². The van der Waals surface area contributed by atoms with Gasteiger partial charge in [-0.15, -0.1) is 0 Å². The molecule has 1 atom stereocenters. The van der Waals surface area contributed by atoms with Gasteiger partial charge in [0.15, 0.2) is 12.4 Å². The lowest BCUT2D eigenvalue weighted by atomic mass is 10.1. The number of carbonyl (C=O) groups excluding carboxylic acids is 2. The van der Waals surface area contributed by atoms with Gasteiger partial charge in [0.2, 0.25) is 0 Å². The number of alkyl halides is 1. The van der Waals surface area contributed by atoms with Gasteiger partial charge in [0.1, 0.15) is 5.82 Å². The number of rotatable bonds is 6. The number of hydrogen-bond donors (Lipinski definition) is 0. The summed E-state index contributed by atoms with van der Waals surface area (Å²) in [5.41, 5.74) is 1.27. The fourth-order valence-electron chi connectivity index (χ4n) is 1.85. The summed E-state index contributed by atoms with van der Waals surface area (Å²) in [5, 5.41) is 0. The standard InChI is InChI=1S/C17H14BrFO3/c18-15(12-4-2-1-3-5-12)10-17(21)22-11-16(20)13-6-8-14(19)9-7-13/h1-9,15H,10-11H2. The minimum atomic E-state index is -0.471. The van der Waals surface area contributed by atoms with E-state index in [-0.39, 0.29) is 23.6 Å². The Morgan fingerprint density at radius 3 is 2.32 bits per heavy atom.